The van der Waals surface area contributed by atoms with E-state index in [1.54, 1.807) is 12.1 Å². The fourth-order valence-corrected chi connectivity index (χ4v) is 4.58. The van der Waals surface area contributed by atoms with Crippen molar-refractivity contribution in [1.29, 1.82) is 0 Å². The predicted octanol–water partition coefficient (Wildman–Crippen LogP) is 2.28. The number of urea groups is 1. The number of aryl methyl sites for hydroxylation is 1. The van der Waals surface area contributed by atoms with Crippen LogP contribution in [0.5, 0.6) is 0 Å². The average molecular weight is 397 g/mol. The van der Waals surface area contributed by atoms with Gasteiger partial charge in [-0.15, -0.1) is 0 Å². The van der Waals surface area contributed by atoms with E-state index in [2.05, 4.69) is 16.0 Å². The van der Waals surface area contributed by atoms with Crippen molar-refractivity contribution < 1.29 is 18.0 Å². The number of anilines is 2. The van der Waals surface area contributed by atoms with Crippen molar-refractivity contribution in [3.05, 3.63) is 23.8 Å². The van der Waals surface area contributed by atoms with Gasteiger partial charge >= 0.3 is 6.03 Å². The Hall–Kier alpha value is -2.13. The minimum Gasteiger partial charge on any atom is -0.335 e. The molecule has 0 atom stereocenters. The molecule has 3 N–H and O–H groups in total. The van der Waals surface area contributed by atoms with Crippen molar-refractivity contribution in [3.8, 4) is 0 Å². The largest absolute Gasteiger partial charge is 0.335 e. The van der Waals surface area contributed by atoms with Crippen LogP contribution in [-0.4, -0.2) is 49.5 Å². The number of rotatable bonds is 6. The maximum absolute atomic E-state index is 12.2. The molecule has 2 rings (SSSR count). The fraction of sp³-hybridized carbons (Fsp3) is 0.556. The highest BCUT2D eigenvalue weighted by molar-refractivity contribution is 7.89. The minimum absolute atomic E-state index is 0.0710. The van der Waals surface area contributed by atoms with Gasteiger partial charge < -0.3 is 16.0 Å². The fourth-order valence-electron chi connectivity index (χ4n) is 3.04. The first kappa shape index (κ1) is 21.2. The van der Waals surface area contributed by atoms with Gasteiger partial charge in [0, 0.05) is 37.4 Å². The number of nitrogens with zero attached hydrogens (tertiary/aromatic N) is 1. The van der Waals surface area contributed by atoms with E-state index < -0.39 is 10.0 Å². The second-order valence-corrected chi connectivity index (χ2v) is 8.89. The summed E-state index contributed by atoms with van der Waals surface area (Å²) in [5.41, 5.74) is 2.12. The third kappa shape index (κ3) is 6.21. The topological polar surface area (TPSA) is 108 Å². The predicted molar refractivity (Wildman–Crippen MR) is 106 cm³/mol. The summed E-state index contributed by atoms with van der Waals surface area (Å²) < 4.78 is 25.7. The maximum atomic E-state index is 12.2. The zero-order valence-electron chi connectivity index (χ0n) is 16.0. The maximum Gasteiger partial charge on any atom is 0.319 e. The summed E-state index contributed by atoms with van der Waals surface area (Å²) >= 11 is 0. The Morgan fingerprint density at radius 3 is 2.44 bits per heavy atom. The molecule has 1 heterocycles. The van der Waals surface area contributed by atoms with Crippen LogP contribution in [-0.2, 0) is 14.8 Å². The number of carbonyl (C=O) groups is 2. The van der Waals surface area contributed by atoms with Crippen LogP contribution in [0.4, 0.5) is 16.2 Å². The highest BCUT2D eigenvalue weighted by atomic mass is 32.2. The number of carbonyl (C=O) groups excluding carboxylic acids is 2. The highest BCUT2D eigenvalue weighted by Crippen LogP contribution is 2.20. The molecule has 0 bridgehead atoms. The zero-order valence-corrected chi connectivity index (χ0v) is 16.9. The molecular formula is C18H28N4O4S. The lowest BCUT2D eigenvalue weighted by molar-refractivity contribution is -0.114. The van der Waals surface area contributed by atoms with Gasteiger partial charge in [0.1, 0.15) is 0 Å². The molecule has 9 heteroatoms. The number of piperidine rings is 1. The van der Waals surface area contributed by atoms with Crippen LogP contribution in [0.1, 0.15) is 38.7 Å². The van der Waals surface area contributed by atoms with Gasteiger partial charge in [-0.25, -0.2) is 17.5 Å². The highest BCUT2D eigenvalue weighted by Gasteiger charge is 2.27. The van der Waals surface area contributed by atoms with Crippen molar-refractivity contribution in [2.45, 2.75) is 46.1 Å². The number of nitrogens with one attached hydrogen (secondary N) is 3. The van der Waals surface area contributed by atoms with Crippen LogP contribution < -0.4 is 16.0 Å². The van der Waals surface area contributed by atoms with Crippen molar-refractivity contribution in [2.75, 3.05) is 29.5 Å². The number of hydrogen-bond donors (Lipinski definition) is 3. The molecule has 8 nitrogen and oxygen atoms in total. The molecule has 0 radical (unpaired) electrons. The molecule has 1 aromatic carbocycles. The van der Waals surface area contributed by atoms with E-state index >= 15 is 0 Å². The first-order valence-corrected chi connectivity index (χ1v) is 10.8. The molecule has 1 saturated heterocycles. The van der Waals surface area contributed by atoms with Gasteiger partial charge in [0.2, 0.25) is 15.9 Å². The number of benzene rings is 1. The Balaban J connectivity index is 1.87. The smallest absolute Gasteiger partial charge is 0.319 e. The molecule has 1 aliphatic heterocycles. The molecule has 1 aromatic rings. The van der Waals surface area contributed by atoms with E-state index in [9.17, 15) is 18.0 Å². The number of hydrogen-bond acceptors (Lipinski definition) is 4. The molecule has 1 aliphatic rings. The van der Waals surface area contributed by atoms with Crippen molar-refractivity contribution >= 4 is 33.3 Å². The number of amides is 3. The van der Waals surface area contributed by atoms with Gasteiger partial charge in [-0.05, 0) is 43.9 Å². The minimum atomic E-state index is -3.18. The first-order chi connectivity index (χ1) is 12.7. The second-order valence-electron chi connectivity index (χ2n) is 6.80. The second kappa shape index (κ2) is 9.18. The Morgan fingerprint density at radius 1 is 1.19 bits per heavy atom. The van der Waals surface area contributed by atoms with Gasteiger partial charge in [0.15, 0.2) is 0 Å². The van der Waals surface area contributed by atoms with Crippen molar-refractivity contribution in [2.24, 2.45) is 0 Å². The third-order valence-corrected chi connectivity index (χ3v) is 6.53. The lowest BCUT2D eigenvalue weighted by atomic mass is 10.1. The summed E-state index contributed by atoms with van der Waals surface area (Å²) in [6, 6.07) is 4.87. The molecule has 150 valence electrons. The molecule has 27 heavy (non-hydrogen) atoms. The number of sulfonamides is 1. The lowest BCUT2D eigenvalue weighted by Gasteiger charge is -2.31. The van der Waals surface area contributed by atoms with Gasteiger partial charge in [-0.2, -0.15) is 0 Å². The molecule has 0 aliphatic carbocycles. The molecule has 0 spiro atoms. The summed E-state index contributed by atoms with van der Waals surface area (Å²) in [6.45, 7) is 5.99. The molecule has 1 fully saturated rings. The van der Waals surface area contributed by atoms with Crippen molar-refractivity contribution in [3.63, 3.8) is 0 Å². The van der Waals surface area contributed by atoms with Crippen LogP contribution >= 0.6 is 0 Å². The van der Waals surface area contributed by atoms with E-state index in [0.717, 1.165) is 5.56 Å². The van der Waals surface area contributed by atoms with E-state index in [1.165, 1.54) is 11.2 Å². The summed E-state index contributed by atoms with van der Waals surface area (Å²) in [5, 5.41) is 8.37. The van der Waals surface area contributed by atoms with Crippen LogP contribution in [0.15, 0.2) is 18.2 Å². The SMILES string of the molecule is CCCS(=O)(=O)N1CCC(NC(=O)Nc2ccc(C)c(NC(C)=O)c2)CC1. The van der Waals surface area contributed by atoms with E-state index in [1.807, 2.05) is 19.9 Å². The van der Waals surface area contributed by atoms with Gasteiger partial charge in [0.05, 0.1) is 5.75 Å². The molecular weight excluding hydrogens is 368 g/mol. The molecule has 0 saturated carbocycles. The Labute approximate surface area is 160 Å². The summed E-state index contributed by atoms with van der Waals surface area (Å²) in [6.07, 6.45) is 1.77. The molecule has 0 unspecified atom stereocenters. The Bertz CT molecular complexity index is 787. The van der Waals surface area contributed by atoms with Crippen molar-refractivity contribution in [1.82, 2.24) is 9.62 Å². The lowest BCUT2D eigenvalue weighted by Crippen LogP contribution is -2.47. The standard InChI is InChI=1S/C18H28N4O4S/c1-4-11-27(25,26)22-9-7-15(8-10-22)20-18(24)21-16-6-5-13(2)17(12-16)19-14(3)23/h5-6,12,15H,4,7-11H2,1-3H3,(H,19,23)(H2,20,21,24). The van der Waals surface area contributed by atoms with E-state index in [4.69, 9.17) is 0 Å². The van der Waals surface area contributed by atoms with Crippen LogP contribution in [0.25, 0.3) is 0 Å². The van der Waals surface area contributed by atoms with Crippen LogP contribution in [0.2, 0.25) is 0 Å². The average Bonchev–Trinajstić information content (AvgIpc) is 2.58. The monoisotopic (exact) mass is 396 g/mol. The van der Waals surface area contributed by atoms with Crippen LogP contribution in [0, 0.1) is 6.92 Å². The third-order valence-electron chi connectivity index (χ3n) is 4.45. The summed E-state index contributed by atoms with van der Waals surface area (Å²) in [5.74, 6) is -0.0141. The Morgan fingerprint density at radius 2 is 1.85 bits per heavy atom. The molecule has 3 amide bonds. The van der Waals surface area contributed by atoms with E-state index in [-0.39, 0.29) is 23.7 Å². The van der Waals surface area contributed by atoms with Gasteiger partial charge in [0.25, 0.3) is 0 Å². The zero-order chi connectivity index (χ0) is 20.0. The van der Waals surface area contributed by atoms with Crippen LogP contribution in [0.3, 0.4) is 0 Å². The summed E-state index contributed by atoms with van der Waals surface area (Å²) in [4.78, 5) is 23.5. The van der Waals surface area contributed by atoms with E-state index in [0.29, 0.717) is 43.7 Å². The molecule has 0 aromatic heterocycles. The quantitative estimate of drug-likeness (QED) is 0.685. The Kier molecular flexibility index (Phi) is 7.20. The first-order valence-electron chi connectivity index (χ1n) is 9.15. The summed E-state index contributed by atoms with van der Waals surface area (Å²) in [7, 11) is -3.18. The van der Waals surface area contributed by atoms with Gasteiger partial charge in [-0.1, -0.05) is 13.0 Å². The normalized spacial score (nSPS) is 16.0. The van der Waals surface area contributed by atoms with Gasteiger partial charge in [-0.3, -0.25) is 4.79 Å².